The number of benzene rings is 1. The van der Waals surface area contributed by atoms with E-state index in [4.69, 9.17) is 10.00 Å². The van der Waals surface area contributed by atoms with Crippen LogP contribution in [0, 0.1) is 11.3 Å². The molecule has 1 aromatic carbocycles. The normalized spacial score (nSPS) is 10.5. The highest BCUT2D eigenvalue weighted by molar-refractivity contribution is 5.92. The Morgan fingerprint density at radius 1 is 1.42 bits per heavy atom. The van der Waals surface area contributed by atoms with E-state index in [1.54, 1.807) is 40.9 Å². The van der Waals surface area contributed by atoms with Crippen molar-refractivity contribution in [2.45, 2.75) is 19.8 Å². The van der Waals surface area contributed by atoms with Crippen LogP contribution in [0.25, 0.3) is 0 Å². The molecule has 2 aromatic rings. The molecule has 6 nitrogen and oxygen atoms in total. The number of nitrogens with zero attached hydrogens (tertiary/aromatic N) is 4. The highest BCUT2D eigenvalue weighted by Crippen LogP contribution is 2.16. The average molecular weight is 326 g/mol. The minimum atomic E-state index is -0.133. The van der Waals surface area contributed by atoms with E-state index in [1.807, 2.05) is 13.1 Å². The molecule has 1 aromatic heterocycles. The molecule has 0 spiro atoms. The number of nitriles is 1. The predicted octanol–water partition coefficient (Wildman–Crippen LogP) is 2.57. The summed E-state index contributed by atoms with van der Waals surface area (Å²) in [6.45, 7) is 4.92. The molecule has 2 rings (SSSR count). The quantitative estimate of drug-likeness (QED) is 0.818. The van der Waals surface area contributed by atoms with E-state index in [0.29, 0.717) is 36.1 Å². The molecule has 1 heterocycles. The average Bonchev–Trinajstić information content (AvgIpc) is 2.96. The van der Waals surface area contributed by atoms with Gasteiger partial charge >= 0.3 is 0 Å². The van der Waals surface area contributed by atoms with Gasteiger partial charge in [0.05, 0.1) is 18.2 Å². The second-order valence-electron chi connectivity index (χ2n) is 5.95. The highest BCUT2D eigenvalue weighted by atomic mass is 16.5. The summed E-state index contributed by atoms with van der Waals surface area (Å²) in [4.78, 5) is 14.0. The van der Waals surface area contributed by atoms with E-state index in [-0.39, 0.29) is 5.91 Å². The van der Waals surface area contributed by atoms with Crippen LogP contribution in [0.2, 0.25) is 0 Å². The third-order valence-corrected chi connectivity index (χ3v) is 3.73. The number of amides is 1. The summed E-state index contributed by atoms with van der Waals surface area (Å²) in [5, 5.41) is 13.2. The minimum absolute atomic E-state index is 0.133. The van der Waals surface area contributed by atoms with Crippen LogP contribution in [0.5, 0.6) is 5.75 Å². The minimum Gasteiger partial charge on any atom is -0.492 e. The van der Waals surface area contributed by atoms with Crippen molar-refractivity contribution in [1.29, 1.82) is 5.26 Å². The Balaban J connectivity index is 1.92. The molecule has 0 bridgehead atoms. The predicted molar refractivity (Wildman–Crippen MR) is 90.9 cm³/mol. The third kappa shape index (κ3) is 4.13. The standard InChI is InChI=1S/C18H22N4O2/c1-13(2)17-11-16(20-22(17)4)18(23)21(3)8-9-24-15-7-5-6-14(10-15)12-19/h5-7,10-11,13H,8-9H2,1-4H3. The molecule has 0 aliphatic carbocycles. The van der Waals surface area contributed by atoms with Gasteiger partial charge in [0.1, 0.15) is 12.4 Å². The molecule has 0 N–H and O–H groups in total. The smallest absolute Gasteiger partial charge is 0.274 e. The van der Waals surface area contributed by atoms with Crippen molar-refractivity contribution in [2.24, 2.45) is 7.05 Å². The lowest BCUT2D eigenvalue weighted by atomic mass is 10.1. The van der Waals surface area contributed by atoms with Crippen molar-refractivity contribution in [3.8, 4) is 11.8 Å². The number of hydrogen-bond acceptors (Lipinski definition) is 4. The van der Waals surface area contributed by atoms with Gasteiger partial charge in [-0.25, -0.2) is 0 Å². The fourth-order valence-electron chi connectivity index (χ4n) is 2.38. The zero-order chi connectivity index (χ0) is 17.7. The van der Waals surface area contributed by atoms with Gasteiger partial charge in [-0.1, -0.05) is 19.9 Å². The van der Waals surface area contributed by atoms with Crippen LogP contribution in [0.15, 0.2) is 30.3 Å². The maximum atomic E-state index is 12.4. The Hall–Kier alpha value is -2.81. The zero-order valence-corrected chi connectivity index (χ0v) is 14.5. The molecule has 0 aliphatic rings. The monoisotopic (exact) mass is 326 g/mol. The van der Waals surface area contributed by atoms with Crippen molar-refractivity contribution in [2.75, 3.05) is 20.2 Å². The summed E-state index contributed by atoms with van der Waals surface area (Å²) >= 11 is 0. The van der Waals surface area contributed by atoms with Crippen molar-refractivity contribution in [3.05, 3.63) is 47.3 Å². The van der Waals surface area contributed by atoms with E-state index >= 15 is 0 Å². The summed E-state index contributed by atoms with van der Waals surface area (Å²) in [5.74, 6) is 0.798. The van der Waals surface area contributed by atoms with Gasteiger partial charge in [0.15, 0.2) is 5.69 Å². The molecule has 0 fully saturated rings. The first-order chi connectivity index (χ1) is 11.4. The lowest BCUT2D eigenvalue weighted by molar-refractivity contribution is 0.0767. The van der Waals surface area contributed by atoms with Crippen molar-refractivity contribution in [3.63, 3.8) is 0 Å². The van der Waals surface area contributed by atoms with Crippen LogP contribution >= 0.6 is 0 Å². The summed E-state index contributed by atoms with van der Waals surface area (Å²) in [6.07, 6.45) is 0. The second kappa shape index (κ2) is 7.64. The Morgan fingerprint density at radius 3 is 2.79 bits per heavy atom. The van der Waals surface area contributed by atoms with E-state index in [2.05, 4.69) is 25.0 Å². The molecule has 0 aliphatic heterocycles. The molecule has 0 saturated carbocycles. The van der Waals surface area contributed by atoms with E-state index in [1.165, 1.54) is 0 Å². The largest absolute Gasteiger partial charge is 0.492 e. The maximum absolute atomic E-state index is 12.4. The Kier molecular flexibility index (Phi) is 5.59. The summed E-state index contributed by atoms with van der Waals surface area (Å²) < 4.78 is 7.35. The topological polar surface area (TPSA) is 71.2 Å². The van der Waals surface area contributed by atoms with Crippen LogP contribution < -0.4 is 4.74 Å². The van der Waals surface area contributed by atoms with E-state index in [9.17, 15) is 4.79 Å². The van der Waals surface area contributed by atoms with Crippen molar-refractivity contribution < 1.29 is 9.53 Å². The lowest BCUT2D eigenvalue weighted by Gasteiger charge is -2.16. The number of ether oxygens (including phenoxy) is 1. The third-order valence-electron chi connectivity index (χ3n) is 3.73. The number of likely N-dealkylation sites (N-methyl/N-ethyl adjacent to an activating group) is 1. The van der Waals surface area contributed by atoms with Crippen LogP contribution in [-0.4, -0.2) is 40.8 Å². The van der Waals surface area contributed by atoms with Crippen LogP contribution in [0.4, 0.5) is 0 Å². The number of hydrogen-bond donors (Lipinski definition) is 0. The molecule has 6 heteroatoms. The van der Waals surface area contributed by atoms with Gasteiger partial charge in [-0.3, -0.25) is 9.48 Å². The molecule has 0 unspecified atom stereocenters. The molecular formula is C18H22N4O2. The van der Waals surface area contributed by atoms with E-state index < -0.39 is 0 Å². The Labute approximate surface area is 142 Å². The molecule has 126 valence electrons. The highest BCUT2D eigenvalue weighted by Gasteiger charge is 2.18. The molecule has 0 atom stereocenters. The van der Waals surface area contributed by atoms with Crippen LogP contribution in [0.1, 0.15) is 41.5 Å². The SMILES string of the molecule is CC(C)c1cc(C(=O)N(C)CCOc2cccc(C#N)c2)nn1C. The summed E-state index contributed by atoms with van der Waals surface area (Å²) in [5.41, 5.74) is 2.01. The van der Waals surface area contributed by atoms with Gasteiger partial charge < -0.3 is 9.64 Å². The summed E-state index contributed by atoms with van der Waals surface area (Å²) in [6, 6.07) is 10.9. The molecule has 24 heavy (non-hydrogen) atoms. The number of carbonyl (C=O) groups is 1. The van der Waals surface area contributed by atoms with Gasteiger partial charge in [0.2, 0.25) is 0 Å². The molecule has 1 amide bonds. The molecular weight excluding hydrogens is 304 g/mol. The van der Waals surface area contributed by atoms with Gasteiger partial charge in [0, 0.05) is 19.8 Å². The fraction of sp³-hybridized carbons (Fsp3) is 0.389. The first-order valence-corrected chi connectivity index (χ1v) is 7.84. The number of rotatable bonds is 6. The fourth-order valence-corrected chi connectivity index (χ4v) is 2.38. The van der Waals surface area contributed by atoms with Gasteiger partial charge in [-0.05, 0) is 30.2 Å². The van der Waals surface area contributed by atoms with E-state index in [0.717, 1.165) is 5.69 Å². The van der Waals surface area contributed by atoms with Gasteiger partial charge in [0.25, 0.3) is 5.91 Å². The van der Waals surface area contributed by atoms with Crippen LogP contribution in [0.3, 0.4) is 0 Å². The maximum Gasteiger partial charge on any atom is 0.274 e. The van der Waals surface area contributed by atoms with Gasteiger partial charge in [-0.15, -0.1) is 0 Å². The Morgan fingerprint density at radius 2 is 2.17 bits per heavy atom. The summed E-state index contributed by atoms with van der Waals surface area (Å²) in [7, 11) is 3.57. The van der Waals surface area contributed by atoms with Gasteiger partial charge in [-0.2, -0.15) is 10.4 Å². The lowest BCUT2D eigenvalue weighted by Crippen LogP contribution is -2.31. The first-order valence-electron chi connectivity index (χ1n) is 7.84. The van der Waals surface area contributed by atoms with Crippen molar-refractivity contribution >= 4 is 5.91 Å². The zero-order valence-electron chi connectivity index (χ0n) is 14.5. The van der Waals surface area contributed by atoms with Crippen molar-refractivity contribution in [1.82, 2.24) is 14.7 Å². The Bertz CT molecular complexity index is 759. The number of aryl methyl sites for hydroxylation is 1. The number of aromatic nitrogens is 2. The first kappa shape index (κ1) is 17.5. The second-order valence-corrected chi connectivity index (χ2v) is 5.95. The number of carbonyl (C=O) groups excluding carboxylic acids is 1. The molecule has 0 radical (unpaired) electrons. The van der Waals surface area contributed by atoms with Crippen LogP contribution in [-0.2, 0) is 7.05 Å². The molecule has 0 saturated heterocycles.